The van der Waals surface area contributed by atoms with Gasteiger partial charge in [-0.1, -0.05) is 35.9 Å². The minimum atomic E-state index is 0.494. The van der Waals surface area contributed by atoms with Crippen LogP contribution in [0.3, 0.4) is 0 Å². The average Bonchev–Trinajstić information content (AvgIpc) is 1.70. The largest absolute Gasteiger partial charge is 0.457 e. The summed E-state index contributed by atoms with van der Waals surface area (Å²) >= 11 is 6.22. The molecule has 0 spiro atoms. The van der Waals surface area contributed by atoms with E-state index < -0.39 is 0 Å². The van der Waals surface area contributed by atoms with E-state index in [2.05, 4.69) is 178 Å². The number of H-pyrrole nitrogens is 4. The Morgan fingerprint density at radius 2 is 0.631 bits per heavy atom. The van der Waals surface area contributed by atoms with Crippen LogP contribution in [0.4, 0.5) is 46.5 Å². The number of pyridine rings is 4. The van der Waals surface area contributed by atoms with E-state index in [1.165, 1.54) is 46.2 Å². The lowest BCUT2D eigenvalue weighted by atomic mass is 9.90. The standard InChI is InChI=1S/C23H21N5O.C21H18ClN5O.2C21H19N5O/c1-2-6-20-16(4-1)5-3-7-21(20)25-23-26-22(27-28-23)17-8-10-18(11-9-17)29-19-12-14-24-15-13-19;1-13-11-16(12-14(2)19(13)22)24-21-25-20(26-27-21)15-3-5-17(6-4-15)28-18-7-9-23-10-8-18;1-14-3-6-17(13-15(14)2)23-21-24-20(25-26-21)16-4-7-18(8-5-16)27-19-9-11-22-12-10-19;1-14-11-15(2)13-17(12-14)23-21-24-20(25-26-21)16-3-5-18(6-4-16)27-19-7-9-22-10-8-19/h3,5,7-15H,1-2,4,6H2,(H2,25,26,27,28);3-12H,1-2H3,(H2,24,25,26,27);2*3-13H,1-2H3,(H2,23,24,25,26). The lowest BCUT2D eigenvalue weighted by Gasteiger charge is -2.19. The van der Waals surface area contributed by atoms with E-state index in [0.29, 0.717) is 47.1 Å². The molecule has 0 atom stereocenters. The third-order valence-corrected chi connectivity index (χ3v) is 18.2. The Labute approximate surface area is 645 Å². The summed E-state index contributed by atoms with van der Waals surface area (Å²) in [6.45, 7) is 12.2. The molecule has 0 saturated carbocycles. The second-order valence-electron chi connectivity index (χ2n) is 26.0. The van der Waals surface area contributed by atoms with Crippen LogP contribution in [0, 0.1) is 41.5 Å². The van der Waals surface area contributed by atoms with E-state index >= 15 is 0 Å². The van der Waals surface area contributed by atoms with E-state index in [1.54, 1.807) is 49.6 Å². The van der Waals surface area contributed by atoms with Crippen molar-refractivity contribution in [3.8, 4) is 91.5 Å². The third kappa shape index (κ3) is 20.2. The lowest BCUT2D eigenvalue weighted by Crippen LogP contribution is -2.06. The monoisotopic (exact) mass is 1490 g/mol. The van der Waals surface area contributed by atoms with Gasteiger partial charge in [-0.15, -0.1) is 20.4 Å². The molecule has 0 amide bonds. The number of benzene rings is 8. The summed E-state index contributed by atoms with van der Waals surface area (Å²) < 4.78 is 23.1. The molecule has 111 heavy (non-hydrogen) atoms. The van der Waals surface area contributed by atoms with Gasteiger partial charge in [-0.2, -0.15) is 19.9 Å². The highest BCUT2D eigenvalue weighted by Crippen LogP contribution is 2.34. The first kappa shape index (κ1) is 73.5. The smallest absolute Gasteiger partial charge is 0.246 e. The topological polar surface area (TPSA) is 303 Å². The second-order valence-corrected chi connectivity index (χ2v) is 26.4. The van der Waals surface area contributed by atoms with Crippen molar-refractivity contribution in [2.24, 2.45) is 0 Å². The minimum absolute atomic E-state index is 0.494. The van der Waals surface area contributed by atoms with Crippen LogP contribution in [0.15, 0.2) is 262 Å². The summed E-state index contributed by atoms with van der Waals surface area (Å²) in [6.07, 6.45) is 18.3. The van der Waals surface area contributed by atoms with Crippen molar-refractivity contribution in [3.63, 3.8) is 0 Å². The number of rotatable bonds is 20. The number of aromatic amines is 4. The predicted octanol–water partition coefficient (Wildman–Crippen LogP) is 21.0. The van der Waals surface area contributed by atoms with Crippen LogP contribution >= 0.6 is 11.6 Å². The molecule has 0 bridgehead atoms. The fourth-order valence-electron chi connectivity index (χ4n) is 12.0. The minimum Gasteiger partial charge on any atom is -0.457 e. The molecule has 17 rings (SSSR count). The van der Waals surface area contributed by atoms with Gasteiger partial charge >= 0.3 is 0 Å². The fourth-order valence-corrected chi connectivity index (χ4v) is 12.1. The number of anilines is 8. The van der Waals surface area contributed by atoms with Crippen molar-refractivity contribution in [2.45, 2.75) is 67.2 Å². The first-order valence-electron chi connectivity index (χ1n) is 35.8. The Kier molecular flexibility index (Phi) is 23.4. The Balaban J connectivity index is 0.000000123. The van der Waals surface area contributed by atoms with Crippen molar-refractivity contribution >= 4 is 58.1 Å². The van der Waals surface area contributed by atoms with Crippen LogP contribution in [0.1, 0.15) is 57.3 Å². The van der Waals surface area contributed by atoms with Crippen LogP contribution < -0.4 is 40.2 Å². The zero-order valence-corrected chi connectivity index (χ0v) is 62.3. The van der Waals surface area contributed by atoms with Gasteiger partial charge in [0.25, 0.3) is 0 Å². The maximum atomic E-state index is 6.22. The van der Waals surface area contributed by atoms with Crippen LogP contribution in [0.2, 0.25) is 5.02 Å². The Morgan fingerprint density at radius 1 is 0.306 bits per heavy atom. The van der Waals surface area contributed by atoms with Gasteiger partial charge in [0.2, 0.25) is 23.8 Å². The summed E-state index contributed by atoms with van der Waals surface area (Å²) in [6, 6.07) is 68.1. The number of nitrogens with one attached hydrogen (secondary N) is 8. The Hall–Kier alpha value is -14.4. The van der Waals surface area contributed by atoms with Crippen molar-refractivity contribution < 1.29 is 18.9 Å². The van der Waals surface area contributed by atoms with Crippen molar-refractivity contribution in [1.29, 1.82) is 0 Å². The SMILES string of the molecule is Cc1cc(C)cc(Nc2n[nH]c(-c3ccc(Oc4ccncc4)cc3)n2)c1.Cc1cc(Nc2n[nH]c(-c3ccc(Oc4ccncc4)cc3)n2)cc(C)c1Cl.Cc1ccc(Nc2n[nH]c(-c3ccc(Oc4ccncc4)cc3)n2)cc1C.c1cc2c(c(Nc3n[nH]c(-c4ccc(Oc5ccncc5)cc4)n3)c1)CCCC2. The van der Waals surface area contributed by atoms with Crippen LogP contribution in [-0.4, -0.2) is 80.7 Å². The van der Waals surface area contributed by atoms with Gasteiger partial charge in [-0.25, -0.2) is 0 Å². The van der Waals surface area contributed by atoms with Gasteiger partial charge in [0.1, 0.15) is 46.0 Å². The quantitative estimate of drug-likeness (QED) is 0.0352. The zero-order chi connectivity index (χ0) is 76.3. The molecule has 8 aromatic carbocycles. The second kappa shape index (κ2) is 35.3. The molecule has 0 unspecified atom stereocenters. The lowest BCUT2D eigenvalue weighted by molar-refractivity contribution is 0.481. The Bertz CT molecular complexity index is 5650. The molecular weight excluding hydrogens is 1410 g/mol. The summed E-state index contributed by atoms with van der Waals surface area (Å²) in [4.78, 5) is 34.1. The third-order valence-electron chi connectivity index (χ3n) is 17.6. The normalized spacial score (nSPS) is 11.2. The summed E-state index contributed by atoms with van der Waals surface area (Å²) in [7, 11) is 0. The van der Waals surface area contributed by atoms with E-state index in [4.69, 9.17) is 30.5 Å². The van der Waals surface area contributed by atoms with E-state index in [1.807, 2.05) is 178 Å². The molecule has 0 fully saturated rings. The van der Waals surface area contributed by atoms with Gasteiger partial charge in [0, 0.05) is 99.6 Å². The van der Waals surface area contributed by atoms with Gasteiger partial charge < -0.3 is 40.2 Å². The summed E-state index contributed by atoms with van der Waals surface area (Å²) in [5, 5.41) is 42.8. The average molecular weight is 1490 g/mol. The molecule has 0 aliphatic heterocycles. The molecule has 0 radical (unpaired) electrons. The highest BCUT2D eigenvalue weighted by molar-refractivity contribution is 6.32. The summed E-state index contributed by atoms with van der Waals surface area (Å²) in [5.41, 5.74) is 17.3. The number of halogens is 1. The maximum Gasteiger partial charge on any atom is 0.246 e. The highest BCUT2D eigenvalue weighted by atomic mass is 35.5. The molecule has 1 aliphatic carbocycles. The molecule has 552 valence electrons. The van der Waals surface area contributed by atoms with Gasteiger partial charge in [-0.3, -0.25) is 40.3 Å². The molecule has 0 saturated heterocycles. The summed E-state index contributed by atoms with van der Waals surface area (Å²) in [5.74, 6) is 10.9. The number of aryl methyl sites for hydroxylation is 7. The number of aromatic nitrogens is 16. The fraction of sp³-hybridized carbons (Fsp3) is 0.116. The highest BCUT2D eigenvalue weighted by Gasteiger charge is 2.17. The van der Waals surface area contributed by atoms with Crippen molar-refractivity contribution in [1.82, 2.24) is 80.7 Å². The van der Waals surface area contributed by atoms with Gasteiger partial charge in [0.05, 0.1) is 0 Å². The molecule has 25 heteroatoms. The molecule has 8 aromatic heterocycles. The number of nitrogens with zero attached hydrogens (tertiary/aromatic N) is 12. The predicted molar refractivity (Wildman–Crippen MR) is 433 cm³/mol. The molecule has 24 nitrogen and oxygen atoms in total. The number of hydrogen-bond donors (Lipinski definition) is 8. The van der Waals surface area contributed by atoms with Gasteiger partial charge in [0.15, 0.2) is 23.3 Å². The molecule has 8 heterocycles. The molecule has 1 aliphatic rings. The van der Waals surface area contributed by atoms with Crippen LogP contribution in [0.25, 0.3) is 45.6 Å². The number of fused-ring (bicyclic) bond motifs is 1. The zero-order valence-electron chi connectivity index (χ0n) is 61.5. The Morgan fingerprint density at radius 3 is 1.00 bits per heavy atom. The van der Waals surface area contributed by atoms with E-state index in [0.717, 1.165) is 120 Å². The van der Waals surface area contributed by atoms with E-state index in [9.17, 15) is 0 Å². The molecular formula is C86H77ClN20O4. The van der Waals surface area contributed by atoms with Crippen LogP contribution in [0.5, 0.6) is 46.0 Å². The first-order chi connectivity index (χ1) is 54.3. The maximum absolute atomic E-state index is 6.22. The van der Waals surface area contributed by atoms with Crippen molar-refractivity contribution in [2.75, 3.05) is 21.3 Å². The van der Waals surface area contributed by atoms with Gasteiger partial charge in [-0.05, 0) is 300 Å². The number of ether oxygens (including phenoxy) is 4. The molecule has 16 aromatic rings. The first-order valence-corrected chi connectivity index (χ1v) is 36.2. The van der Waals surface area contributed by atoms with Crippen molar-refractivity contribution in [3.05, 3.63) is 311 Å². The van der Waals surface area contributed by atoms with E-state index in [-0.39, 0.29) is 0 Å². The molecule has 8 N–H and O–H groups in total. The number of hydrogen-bond acceptors (Lipinski definition) is 20. The van der Waals surface area contributed by atoms with Crippen LogP contribution in [-0.2, 0) is 12.8 Å².